The van der Waals surface area contributed by atoms with Crippen molar-refractivity contribution in [1.29, 1.82) is 0 Å². The minimum atomic E-state index is -0.131. The molecular weight excluding hydrogens is 284 g/mol. The number of amides is 1. The Labute approximate surface area is 130 Å². The summed E-state index contributed by atoms with van der Waals surface area (Å²) in [6.07, 6.45) is 1.05. The van der Waals surface area contributed by atoms with Crippen LogP contribution in [0.4, 0.5) is 11.4 Å². The zero-order chi connectivity index (χ0) is 15.2. The van der Waals surface area contributed by atoms with Crippen LogP contribution in [0.3, 0.4) is 0 Å². The van der Waals surface area contributed by atoms with Crippen LogP contribution in [0.15, 0.2) is 42.5 Å². The predicted molar refractivity (Wildman–Crippen MR) is 88.9 cm³/mol. The van der Waals surface area contributed by atoms with E-state index >= 15 is 0 Å². The van der Waals surface area contributed by atoms with Crippen molar-refractivity contribution in [3.05, 3.63) is 58.6 Å². The Bertz CT molecular complexity index is 623. The quantitative estimate of drug-likeness (QED) is 0.855. The maximum Gasteiger partial charge on any atom is 0.221 e. The third-order valence-corrected chi connectivity index (χ3v) is 3.52. The number of nitrogens with one attached hydrogen (secondary N) is 2. The number of carbonyl (C=O) groups excluding carboxylic acids is 1. The van der Waals surface area contributed by atoms with Crippen molar-refractivity contribution >= 4 is 28.9 Å². The second-order valence-corrected chi connectivity index (χ2v) is 5.31. The van der Waals surface area contributed by atoms with E-state index in [1.807, 2.05) is 12.1 Å². The second kappa shape index (κ2) is 7.14. The molecular formula is C17H19ClN2O. The fourth-order valence-electron chi connectivity index (χ4n) is 2.01. The van der Waals surface area contributed by atoms with Gasteiger partial charge in [-0.2, -0.15) is 0 Å². The lowest BCUT2D eigenvalue weighted by Crippen LogP contribution is -2.06. The number of rotatable bonds is 5. The molecule has 0 aliphatic carbocycles. The zero-order valence-electron chi connectivity index (χ0n) is 12.2. The van der Waals surface area contributed by atoms with Crippen LogP contribution in [0, 0.1) is 0 Å². The van der Waals surface area contributed by atoms with Crippen LogP contribution in [0.1, 0.15) is 25.0 Å². The van der Waals surface area contributed by atoms with Crippen molar-refractivity contribution in [1.82, 2.24) is 0 Å². The Morgan fingerprint density at radius 2 is 1.76 bits per heavy atom. The van der Waals surface area contributed by atoms with Crippen LogP contribution in [-0.2, 0) is 17.8 Å². The van der Waals surface area contributed by atoms with Gasteiger partial charge >= 0.3 is 0 Å². The number of hydrogen-bond donors (Lipinski definition) is 2. The Hall–Kier alpha value is -2.00. The summed E-state index contributed by atoms with van der Waals surface area (Å²) in [6, 6.07) is 14.0. The highest BCUT2D eigenvalue weighted by atomic mass is 35.5. The SMILES string of the molecule is CCc1ccc(CNc2ccc(NC(C)=O)c(Cl)c2)cc1. The smallest absolute Gasteiger partial charge is 0.221 e. The number of hydrogen-bond acceptors (Lipinski definition) is 2. The second-order valence-electron chi connectivity index (χ2n) is 4.90. The topological polar surface area (TPSA) is 41.1 Å². The third-order valence-electron chi connectivity index (χ3n) is 3.21. The molecule has 0 spiro atoms. The molecule has 4 heteroatoms. The molecule has 3 nitrogen and oxygen atoms in total. The van der Waals surface area contributed by atoms with Gasteiger partial charge in [-0.15, -0.1) is 0 Å². The van der Waals surface area contributed by atoms with Gasteiger partial charge < -0.3 is 10.6 Å². The van der Waals surface area contributed by atoms with Crippen LogP contribution in [-0.4, -0.2) is 5.91 Å². The Morgan fingerprint density at radius 3 is 2.33 bits per heavy atom. The van der Waals surface area contributed by atoms with E-state index in [0.29, 0.717) is 10.7 Å². The van der Waals surface area contributed by atoms with Gasteiger partial charge in [-0.1, -0.05) is 42.8 Å². The number of anilines is 2. The molecule has 1 amide bonds. The Morgan fingerprint density at radius 1 is 1.10 bits per heavy atom. The molecule has 0 fully saturated rings. The molecule has 0 atom stereocenters. The molecule has 2 aromatic rings. The Balaban J connectivity index is 1.99. The molecule has 2 aromatic carbocycles. The summed E-state index contributed by atoms with van der Waals surface area (Å²) in [5.41, 5.74) is 4.10. The van der Waals surface area contributed by atoms with Crippen LogP contribution in [0.5, 0.6) is 0 Å². The molecule has 0 heterocycles. The molecule has 2 rings (SSSR count). The van der Waals surface area contributed by atoms with E-state index in [9.17, 15) is 4.79 Å². The summed E-state index contributed by atoms with van der Waals surface area (Å²) >= 11 is 6.14. The summed E-state index contributed by atoms with van der Waals surface area (Å²) in [5.74, 6) is -0.131. The van der Waals surface area contributed by atoms with Gasteiger partial charge in [0.15, 0.2) is 0 Å². The summed E-state index contributed by atoms with van der Waals surface area (Å²) in [5, 5.41) is 6.54. The van der Waals surface area contributed by atoms with Crippen LogP contribution in [0.2, 0.25) is 5.02 Å². The van der Waals surface area contributed by atoms with Gasteiger partial charge in [0, 0.05) is 19.2 Å². The van der Waals surface area contributed by atoms with E-state index in [-0.39, 0.29) is 5.91 Å². The van der Waals surface area contributed by atoms with E-state index in [2.05, 4.69) is 41.8 Å². The lowest BCUT2D eigenvalue weighted by molar-refractivity contribution is -0.114. The number of halogens is 1. The molecule has 0 radical (unpaired) electrons. The fraction of sp³-hybridized carbons (Fsp3) is 0.235. The van der Waals surface area contributed by atoms with Gasteiger partial charge in [0.2, 0.25) is 5.91 Å². The van der Waals surface area contributed by atoms with Crippen LogP contribution < -0.4 is 10.6 Å². The minimum Gasteiger partial charge on any atom is -0.381 e. The first kappa shape index (κ1) is 15.4. The van der Waals surface area contributed by atoms with Crippen LogP contribution >= 0.6 is 11.6 Å². The molecule has 110 valence electrons. The van der Waals surface area contributed by atoms with Gasteiger partial charge in [-0.25, -0.2) is 0 Å². The standard InChI is InChI=1S/C17H19ClN2O/c1-3-13-4-6-14(7-5-13)11-19-15-8-9-17(16(18)10-15)20-12(2)21/h4-10,19H,3,11H2,1-2H3,(H,20,21). The van der Waals surface area contributed by atoms with Crippen molar-refractivity contribution in [2.75, 3.05) is 10.6 Å². The fourth-order valence-corrected chi connectivity index (χ4v) is 2.24. The number of carbonyl (C=O) groups is 1. The molecule has 21 heavy (non-hydrogen) atoms. The predicted octanol–water partition coefficient (Wildman–Crippen LogP) is 4.47. The normalized spacial score (nSPS) is 10.2. The lowest BCUT2D eigenvalue weighted by Gasteiger charge is -2.10. The first-order chi connectivity index (χ1) is 10.1. The molecule has 0 aliphatic heterocycles. The molecule has 0 aromatic heterocycles. The molecule has 0 aliphatic rings. The maximum atomic E-state index is 11.0. The highest BCUT2D eigenvalue weighted by molar-refractivity contribution is 6.34. The van der Waals surface area contributed by atoms with E-state index < -0.39 is 0 Å². The van der Waals surface area contributed by atoms with Crippen molar-refractivity contribution in [3.63, 3.8) is 0 Å². The average Bonchev–Trinajstić information content (AvgIpc) is 2.48. The zero-order valence-corrected chi connectivity index (χ0v) is 13.0. The highest BCUT2D eigenvalue weighted by Crippen LogP contribution is 2.25. The van der Waals surface area contributed by atoms with Crippen molar-refractivity contribution in [2.24, 2.45) is 0 Å². The minimum absolute atomic E-state index is 0.131. The summed E-state index contributed by atoms with van der Waals surface area (Å²) < 4.78 is 0. The van der Waals surface area contributed by atoms with Crippen molar-refractivity contribution < 1.29 is 4.79 Å². The van der Waals surface area contributed by atoms with Crippen molar-refractivity contribution in [3.8, 4) is 0 Å². The third kappa shape index (κ3) is 4.50. The molecule has 0 unspecified atom stereocenters. The molecule has 0 bridgehead atoms. The van der Waals surface area contributed by atoms with Gasteiger partial charge in [0.1, 0.15) is 0 Å². The number of benzene rings is 2. The molecule has 0 saturated carbocycles. The van der Waals surface area contributed by atoms with Crippen LogP contribution in [0.25, 0.3) is 0 Å². The average molecular weight is 303 g/mol. The van der Waals surface area contributed by atoms with E-state index in [1.54, 1.807) is 6.07 Å². The van der Waals surface area contributed by atoms with E-state index in [0.717, 1.165) is 18.7 Å². The van der Waals surface area contributed by atoms with Gasteiger partial charge in [-0.05, 0) is 35.7 Å². The van der Waals surface area contributed by atoms with Gasteiger partial charge in [-0.3, -0.25) is 4.79 Å². The summed E-state index contributed by atoms with van der Waals surface area (Å²) in [4.78, 5) is 11.0. The maximum absolute atomic E-state index is 11.0. The van der Waals surface area contributed by atoms with Crippen molar-refractivity contribution in [2.45, 2.75) is 26.8 Å². The highest BCUT2D eigenvalue weighted by Gasteiger charge is 2.03. The van der Waals surface area contributed by atoms with Gasteiger partial charge in [0.05, 0.1) is 10.7 Å². The van der Waals surface area contributed by atoms with Gasteiger partial charge in [0.25, 0.3) is 0 Å². The number of aryl methyl sites for hydroxylation is 1. The molecule has 2 N–H and O–H groups in total. The first-order valence-electron chi connectivity index (χ1n) is 6.97. The lowest BCUT2D eigenvalue weighted by atomic mass is 10.1. The monoisotopic (exact) mass is 302 g/mol. The van der Waals surface area contributed by atoms with E-state index in [1.165, 1.54) is 18.1 Å². The van der Waals surface area contributed by atoms with E-state index in [4.69, 9.17) is 11.6 Å². The Kier molecular flexibility index (Phi) is 5.23. The first-order valence-corrected chi connectivity index (χ1v) is 7.35. The largest absolute Gasteiger partial charge is 0.381 e. The summed E-state index contributed by atoms with van der Waals surface area (Å²) in [6.45, 7) is 4.34. The molecule has 0 saturated heterocycles. The summed E-state index contributed by atoms with van der Waals surface area (Å²) in [7, 11) is 0.